The van der Waals surface area contributed by atoms with E-state index in [0.717, 1.165) is 22.0 Å². The second-order valence-corrected chi connectivity index (χ2v) is 6.42. The fourth-order valence-electron chi connectivity index (χ4n) is 2.47. The molecule has 1 aliphatic rings. The van der Waals surface area contributed by atoms with Crippen molar-refractivity contribution >= 4 is 28.8 Å². The van der Waals surface area contributed by atoms with Crippen LogP contribution in [-0.2, 0) is 9.59 Å². The van der Waals surface area contributed by atoms with Crippen LogP contribution in [0, 0.1) is 12.8 Å². The lowest BCUT2D eigenvalue weighted by molar-refractivity contribution is -0.129. The van der Waals surface area contributed by atoms with Crippen LogP contribution < -0.4 is 10.6 Å². The maximum absolute atomic E-state index is 12.2. The molecule has 1 aliphatic heterocycles. The highest BCUT2D eigenvalue weighted by Gasteiger charge is 2.25. The number of thiazole rings is 1. The summed E-state index contributed by atoms with van der Waals surface area (Å²) in [5.41, 5.74) is 2.72. The molecule has 2 heterocycles. The molecule has 1 aromatic heterocycles. The number of carbonyl (C=O) groups is 2. The number of aromatic nitrogens is 1. The van der Waals surface area contributed by atoms with Crippen molar-refractivity contribution in [1.82, 2.24) is 10.3 Å². The standard InChI is InChI=1S/C16H17N3O2S/c1-10-18-14(9-22-10)11-2-4-13(5-3-11)19-16(21)12-6-7-17-15(20)8-12/h2-5,9,12H,6-8H2,1H3,(H,17,20)(H,19,21)/t12-/m0/s1. The van der Waals surface area contributed by atoms with Crippen LogP contribution in [-0.4, -0.2) is 23.3 Å². The van der Waals surface area contributed by atoms with Gasteiger partial charge in [0.25, 0.3) is 0 Å². The molecule has 1 saturated heterocycles. The lowest BCUT2D eigenvalue weighted by atomic mass is 9.96. The van der Waals surface area contributed by atoms with E-state index in [0.29, 0.717) is 13.0 Å². The zero-order chi connectivity index (χ0) is 15.5. The van der Waals surface area contributed by atoms with E-state index in [4.69, 9.17) is 0 Å². The molecule has 0 unspecified atom stereocenters. The fraction of sp³-hybridized carbons (Fsp3) is 0.312. The average molecular weight is 315 g/mol. The minimum atomic E-state index is -0.241. The van der Waals surface area contributed by atoms with Crippen molar-refractivity contribution in [2.24, 2.45) is 5.92 Å². The van der Waals surface area contributed by atoms with E-state index in [1.807, 2.05) is 36.6 Å². The Labute approximate surface area is 132 Å². The van der Waals surface area contributed by atoms with Gasteiger partial charge in [-0.15, -0.1) is 11.3 Å². The first-order valence-electron chi connectivity index (χ1n) is 7.22. The van der Waals surface area contributed by atoms with Crippen LogP contribution in [0.25, 0.3) is 11.3 Å². The summed E-state index contributed by atoms with van der Waals surface area (Å²) in [5, 5.41) is 8.66. The van der Waals surface area contributed by atoms with Crippen LogP contribution in [0.1, 0.15) is 17.8 Å². The van der Waals surface area contributed by atoms with Crippen molar-refractivity contribution in [3.63, 3.8) is 0 Å². The van der Waals surface area contributed by atoms with E-state index in [9.17, 15) is 9.59 Å². The largest absolute Gasteiger partial charge is 0.356 e. The number of piperidine rings is 1. The van der Waals surface area contributed by atoms with Gasteiger partial charge in [0.15, 0.2) is 0 Å². The highest BCUT2D eigenvalue weighted by Crippen LogP contribution is 2.23. The van der Waals surface area contributed by atoms with E-state index < -0.39 is 0 Å². The zero-order valence-corrected chi connectivity index (χ0v) is 13.1. The summed E-state index contributed by atoms with van der Waals surface area (Å²) in [6.07, 6.45) is 0.954. The zero-order valence-electron chi connectivity index (χ0n) is 12.3. The van der Waals surface area contributed by atoms with E-state index >= 15 is 0 Å². The first-order valence-corrected chi connectivity index (χ1v) is 8.10. The third-order valence-electron chi connectivity index (χ3n) is 3.68. The minimum Gasteiger partial charge on any atom is -0.356 e. The molecule has 2 amide bonds. The molecule has 0 bridgehead atoms. The maximum atomic E-state index is 12.2. The van der Waals surface area contributed by atoms with Crippen molar-refractivity contribution in [2.45, 2.75) is 19.8 Å². The van der Waals surface area contributed by atoms with E-state index in [1.54, 1.807) is 11.3 Å². The van der Waals surface area contributed by atoms with Gasteiger partial charge in [-0.05, 0) is 25.5 Å². The molecule has 0 spiro atoms. The summed E-state index contributed by atoms with van der Waals surface area (Å²) in [6, 6.07) is 7.62. The van der Waals surface area contributed by atoms with Crippen molar-refractivity contribution in [2.75, 3.05) is 11.9 Å². The molecule has 1 atom stereocenters. The van der Waals surface area contributed by atoms with Gasteiger partial charge in [-0.2, -0.15) is 0 Å². The molecule has 5 nitrogen and oxygen atoms in total. The molecule has 3 rings (SSSR count). The van der Waals surface area contributed by atoms with Gasteiger partial charge in [0.2, 0.25) is 11.8 Å². The SMILES string of the molecule is Cc1nc(-c2ccc(NC(=O)[C@H]3CCNC(=O)C3)cc2)cs1. The Bertz CT molecular complexity index is 694. The molecule has 2 N–H and O–H groups in total. The highest BCUT2D eigenvalue weighted by molar-refractivity contribution is 7.09. The summed E-state index contributed by atoms with van der Waals surface area (Å²) in [5.74, 6) is -0.387. The summed E-state index contributed by atoms with van der Waals surface area (Å²) in [4.78, 5) is 27.9. The predicted molar refractivity (Wildman–Crippen MR) is 86.7 cm³/mol. The number of rotatable bonds is 3. The Morgan fingerprint density at radius 2 is 2.14 bits per heavy atom. The van der Waals surface area contributed by atoms with Gasteiger partial charge >= 0.3 is 0 Å². The molecule has 0 saturated carbocycles. The number of benzene rings is 1. The molecule has 0 radical (unpaired) electrons. The minimum absolute atomic E-state index is 0.0550. The van der Waals surface area contributed by atoms with Gasteiger partial charge in [0.05, 0.1) is 10.7 Å². The van der Waals surface area contributed by atoms with Gasteiger partial charge in [0.1, 0.15) is 0 Å². The lowest BCUT2D eigenvalue weighted by Crippen LogP contribution is -2.38. The van der Waals surface area contributed by atoms with Crippen LogP contribution in [0.3, 0.4) is 0 Å². The average Bonchev–Trinajstić information content (AvgIpc) is 2.94. The Hall–Kier alpha value is -2.21. The highest BCUT2D eigenvalue weighted by atomic mass is 32.1. The van der Waals surface area contributed by atoms with Gasteiger partial charge in [-0.3, -0.25) is 9.59 Å². The smallest absolute Gasteiger partial charge is 0.228 e. The summed E-state index contributed by atoms with van der Waals surface area (Å²) >= 11 is 1.61. The number of amides is 2. The van der Waals surface area contributed by atoms with Crippen LogP contribution in [0.4, 0.5) is 5.69 Å². The Kier molecular flexibility index (Phi) is 4.20. The Morgan fingerprint density at radius 3 is 2.77 bits per heavy atom. The molecule has 22 heavy (non-hydrogen) atoms. The van der Waals surface area contributed by atoms with Gasteiger partial charge in [-0.25, -0.2) is 4.98 Å². The Morgan fingerprint density at radius 1 is 1.36 bits per heavy atom. The fourth-order valence-corrected chi connectivity index (χ4v) is 3.09. The van der Waals surface area contributed by atoms with Gasteiger partial charge in [-0.1, -0.05) is 12.1 Å². The van der Waals surface area contributed by atoms with Crippen molar-refractivity contribution in [3.05, 3.63) is 34.7 Å². The second kappa shape index (κ2) is 6.27. The van der Waals surface area contributed by atoms with Crippen molar-refractivity contribution in [1.29, 1.82) is 0 Å². The number of hydrogen-bond acceptors (Lipinski definition) is 4. The van der Waals surface area contributed by atoms with E-state index in [1.165, 1.54) is 0 Å². The quantitative estimate of drug-likeness (QED) is 0.914. The monoisotopic (exact) mass is 315 g/mol. The van der Waals surface area contributed by atoms with Gasteiger partial charge in [0, 0.05) is 35.5 Å². The topological polar surface area (TPSA) is 71.1 Å². The Balaban J connectivity index is 1.65. The van der Waals surface area contributed by atoms with Crippen molar-refractivity contribution < 1.29 is 9.59 Å². The molecule has 0 aliphatic carbocycles. The third-order valence-corrected chi connectivity index (χ3v) is 4.46. The number of nitrogens with one attached hydrogen (secondary N) is 2. The molecule has 1 aromatic carbocycles. The van der Waals surface area contributed by atoms with Crippen LogP contribution >= 0.6 is 11.3 Å². The molecule has 2 aromatic rings. The number of anilines is 1. The lowest BCUT2D eigenvalue weighted by Gasteiger charge is -2.21. The maximum Gasteiger partial charge on any atom is 0.228 e. The first-order chi connectivity index (χ1) is 10.6. The molecular weight excluding hydrogens is 298 g/mol. The van der Waals surface area contributed by atoms with Gasteiger partial charge < -0.3 is 10.6 Å². The van der Waals surface area contributed by atoms with Crippen LogP contribution in [0.15, 0.2) is 29.6 Å². The normalized spacial score (nSPS) is 17.9. The van der Waals surface area contributed by atoms with Crippen LogP contribution in [0.5, 0.6) is 0 Å². The summed E-state index contributed by atoms with van der Waals surface area (Å²) in [7, 11) is 0. The number of nitrogens with zero attached hydrogens (tertiary/aromatic N) is 1. The molecule has 114 valence electrons. The number of carbonyl (C=O) groups excluding carboxylic acids is 2. The summed E-state index contributed by atoms with van der Waals surface area (Å²) in [6.45, 7) is 2.54. The number of aryl methyl sites for hydroxylation is 1. The van der Waals surface area contributed by atoms with Crippen LogP contribution in [0.2, 0.25) is 0 Å². The third kappa shape index (κ3) is 3.33. The summed E-state index contributed by atoms with van der Waals surface area (Å²) < 4.78 is 0. The van der Waals surface area contributed by atoms with Crippen molar-refractivity contribution in [3.8, 4) is 11.3 Å². The first kappa shape index (κ1) is 14.7. The van der Waals surface area contributed by atoms with E-state index in [2.05, 4.69) is 15.6 Å². The van der Waals surface area contributed by atoms with E-state index in [-0.39, 0.29) is 24.2 Å². The molecule has 1 fully saturated rings. The predicted octanol–water partition coefficient (Wildman–Crippen LogP) is 2.58. The molecular formula is C16H17N3O2S. The molecule has 6 heteroatoms. The second-order valence-electron chi connectivity index (χ2n) is 5.36. The number of hydrogen-bond donors (Lipinski definition) is 2.